The van der Waals surface area contributed by atoms with E-state index in [1.54, 1.807) is 10.8 Å². The highest BCUT2D eigenvalue weighted by atomic mass is 19.4. The molecule has 1 aliphatic heterocycles. The van der Waals surface area contributed by atoms with E-state index in [-0.39, 0.29) is 56.0 Å². The number of anilines is 1. The number of hydrogen-bond donors (Lipinski definition) is 5. The molecule has 2 aromatic heterocycles. The third-order valence-corrected chi connectivity index (χ3v) is 7.77. The Morgan fingerprint density at radius 1 is 0.936 bits per heavy atom. The minimum absolute atomic E-state index is 0.0775. The first-order chi connectivity index (χ1) is 22.4. The average Bonchev–Trinajstić information content (AvgIpc) is 3.02. The van der Waals surface area contributed by atoms with Crippen LogP contribution in [0.3, 0.4) is 0 Å². The number of nitrogens with zero attached hydrogens (tertiary/aromatic N) is 5. The van der Waals surface area contributed by atoms with Crippen molar-refractivity contribution in [3.05, 3.63) is 40.3 Å². The van der Waals surface area contributed by atoms with Gasteiger partial charge in [-0.3, -0.25) is 28.6 Å². The van der Waals surface area contributed by atoms with E-state index in [0.29, 0.717) is 36.7 Å². The van der Waals surface area contributed by atoms with Crippen molar-refractivity contribution in [2.75, 3.05) is 45.1 Å². The topological polar surface area (TPSA) is 198 Å². The maximum atomic E-state index is 14.0. The molecule has 3 aromatic rings. The Hall–Kier alpha value is -4.35. The minimum atomic E-state index is -4.21. The van der Waals surface area contributed by atoms with Crippen molar-refractivity contribution >= 4 is 47.2 Å². The van der Waals surface area contributed by atoms with Crippen molar-refractivity contribution in [2.45, 2.75) is 63.4 Å². The van der Waals surface area contributed by atoms with Crippen LogP contribution in [0.1, 0.15) is 50.1 Å². The largest absolute Gasteiger partial charge is 0.483 e. The van der Waals surface area contributed by atoms with Gasteiger partial charge < -0.3 is 30.6 Å². The lowest BCUT2D eigenvalue weighted by molar-refractivity contribution is -0.135. The van der Waals surface area contributed by atoms with E-state index in [2.05, 4.69) is 32.1 Å². The number of likely N-dealkylation sites (N-methyl/N-ethyl adjacent to an activating group) is 1. The molecule has 0 radical (unpaired) electrons. The molecule has 17 heteroatoms. The van der Waals surface area contributed by atoms with Gasteiger partial charge >= 0.3 is 6.18 Å². The van der Waals surface area contributed by atoms with E-state index in [9.17, 15) is 23.1 Å². The maximum Gasteiger partial charge on any atom is 0.389 e. The number of halogens is 3. The molecule has 1 saturated carbocycles. The lowest BCUT2D eigenvalue weighted by Crippen LogP contribution is -2.43. The van der Waals surface area contributed by atoms with Gasteiger partial charge in [0, 0.05) is 68.7 Å². The van der Waals surface area contributed by atoms with Gasteiger partial charge in [0.05, 0.1) is 6.10 Å². The Balaban J connectivity index is 0.000000768. The number of fused-ring (bicyclic) bond motifs is 3. The van der Waals surface area contributed by atoms with Crippen LogP contribution < -0.4 is 10.9 Å². The van der Waals surface area contributed by atoms with Crippen LogP contribution in [-0.4, -0.2) is 116 Å². The first-order valence-electron chi connectivity index (χ1n) is 14.9. The third-order valence-electron chi connectivity index (χ3n) is 7.77. The van der Waals surface area contributed by atoms with Crippen molar-refractivity contribution < 1.29 is 48.0 Å². The number of aliphatic hydroxyl groups excluding tert-OH is 1. The molecule has 0 amide bonds. The van der Waals surface area contributed by atoms with E-state index in [0.717, 1.165) is 49.1 Å². The fraction of sp³-hybridized carbons (Fsp3) is 0.533. The molecule has 14 nitrogen and oxygen atoms in total. The Labute approximate surface area is 268 Å². The van der Waals surface area contributed by atoms with Gasteiger partial charge in [-0.25, -0.2) is 4.98 Å². The Kier molecular flexibility index (Phi) is 16.0. The number of nitrogens with one attached hydrogen (secondary N) is 1. The van der Waals surface area contributed by atoms with Crippen molar-refractivity contribution in [3.8, 4) is 0 Å². The highest BCUT2D eigenvalue weighted by Gasteiger charge is 2.27. The summed E-state index contributed by atoms with van der Waals surface area (Å²) in [7, 11) is 2.12. The molecule has 3 heterocycles. The van der Waals surface area contributed by atoms with Crippen molar-refractivity contribution in [1.29, 1.82) is 0 Å². The van der Waals surface area contributed by atoms with E-state index >= 15 is 0 Å². The number of rotatable bonds is 7. The van der Waals surface area contributed by atoms with Gasteiger partial charge in [-0.1, -0.05) is 12.1 Å². The van der Waals surface area contributed by atoms with Gasteiger partial charge in [0.25, 0.3) is 25.0 Å². The molecule has 2 fully saturated rings. The smallest absolute Gasteiger partial charge is 0.389 e. The summed E-state index contributed by atoms with van der Waals surface area (Å²) in [6, 6.07) is 5.86. The predicted molar refractivity (Wildman–Crippen MR) is 167 cm³/mol. The molecule has 5 N–H and O–H groups in total. The van der Waals surface area contributed by atoms with E-state index in [1.165, 1.54) is 0 Å². The lowest BCUT2D eigenvalue weighted by Gasteiger charge is -2.32. The van der Waals surface area contributed by atoms with Crippen LogP contribution in [0, 0.1) is 0 Å². The summed E-state index contributed by atoms with van der Waals surface area (Å²) in [5, 5.41) is 35.7. The number of aliphatic hydroxyl groups is 1. The second-order valence-corrected chi connectivity index (χ2v) is 11.0. The Bertz CT molecular complexity index is 1480. The Morgan fingerprint density at radius 3 is 2.11 bits per heavy atom. The summed E-state index contributed by atoms with van der Waals surface area (Å²) in [5.41, 5.74) is 1.42. The molecular formula is C30H41F3N6O8. The van der Waals surface area contributed by atoms with Crippen LogP contribution >= 0.6 is 0 Å². The maximum absolute atomic E-state index is 14.0. The van der Waals surface area contributed by atoms with E-state index < -0.39 is 12.6 Å². The number of hydrogen-bond acceptors (Lipinski definition) is 10. The van der Waals surface area contributed by atoms with Crippen LogP contribution in [0.25, 0.3) is 21.8 Å². The summed E-state index contributed by atoms with van der Waals surface area (Å²) < 4.78 is 39.3. The van der Waals surface area contributed by atoms with Crippen LogP contribution in [0.2, 0.25) is 0 Å². The number of carbonyl (C=O) groups is 3. The molecule has 1 aromatic carbocycles. The standard InChI is InChI=1S/C27H35F3N6O2.3CH2O2/c1-34-11-13-35(14-12-34)17-18-3-8-21-22(15-18)25(38)36(19-4-6-20(37)7-5-19)24-23(21)16-32-26(33-24)31-10-2-9-27(28,29)30;3*2-1-3/h3,8,15-16,19-20,37H,2,4-7,9-14,17H2,1H3,(H,31,32,33);3*1H,(H,2,3). The van der Waals surface area contributed by atoms with Gasteiger partial charge in [-0.15, -0.1) is 0 Å². The molecule has 0 atom stereocenters. The van der Waals surface area contributed by atoms with Gasteiger partial charge in [0.2, 0.25) is 5.95 Å². The lowest BCUT2D eigenvalue weighted by atomic mass is 9.92. The number of carboxylic acid groups (broad SMARTS) is 3. The first-order valence-corrected chi connectivity index (χ1v) is 14.9. The zero-order chi connectivity index (χ0) is 35.0. The molecule has 1 aliphatic carbocycles. The summed E-state index contributed by atoms with van der Waals surface area (Å²) in [5.74, 6) is 0.203. The average molecular weight is 671 g/mol. The number of piperazine rings is 1. The normalized spacial score (nSPS) is 18.4. The van der Waals surface area contributed by atoms with E-state index in [1.807, 2.05) is 18.2 Å². The van der Waals surface area contributed by atoms with Gasteiger partial charge in [0.15, 0.2) is 0 Å². The number of aromatic nitrogens is 3. The highest BCUT2D eigenvalue weighted by Crippen LogP contribution is 2.32. The molecule has 5 rings (SSSR count). The summed E-state index contributed by atoms with van der Waals surface area (Å²) >= 11 is 0. The summed E-state index contributed by atoms with van der Waals surface area (Å²) in [4.78, 5) is 52.7. The molecule has 0 bridgehead atoms. The van der Waals surface area contributed by atoms with Crippen molar-refractivity contribution in [1.82, 2.24) is 24.3 Å². The van der Waals surface area contributed by atoms with Crippen LogP contribution in [0.4, 0.5) is 19.1 Å². The monoisotopic (exact) mass is 670 g/mol. The van der Waals surface area contributed by atoms with E-state index in [4.69, 9.17) is 29.7 Å². The van der Waals surface area contributed by atoms with Gasteiger partial charge in [-0.2, -0.15) is 18.2 Å². The highest BCUT2D eigenvalue weighted by molar-refractivity contribution is 6.04. The first kappa shape index (κ1) is 38.8. The fourth-order valence-corrected chi connectivity index (χ4v) is 5.57. The van der Waals surface area contributed by atoms with Crippen molar-refractivity contribution in [3.63, 3.8) is 0 Å². The minimum Gasteiger partial charge on any atom is -0.483 e. The van der Waals surface area contributed by atoms with Crippen LogP contribution in [0.15, 0.2) is 29.2 Å². The molecule has 260 valence electrons. The number of alkyl halides is 3. The van der Waals surface area contributed by atoms with Gasteiger partial charge in [-0.05, 0) is 56.2 Å². The summed E-state index contributed by atoms with van der Waals surface area (Å²) in [6.07, 6.45) is -1.38. The predicted octanol–water partition coefficient (Wildman–Crippen LogP) is 3.02. The molecular weight excluding hydrogens is 629 g/mol. The molecule has 0 unspecified atom stereocenters. The van der Waals surface area contributed by atoms with Crippen LogP contribution in [-0.2, 0) is 20.9 Å². The fourth-order valence-electron chi connectivity index (χ4n) is 5.57. The molecule has 1 saturated heterocycles. The third kappa shape index (κ3) is 12.1. The van der Waals surface area contributed by atoms with Crippen molar-refractivity contribution in [2.24, 2.45) is 0 Å². The quantitative estimate of drug-likeness (QED) is 0.140. The Morgan fingerprint density at radius 2 is 1.53 bits per heavy atom. The zero-order valence-corrected chi connectivity index (χ0v) is 26.0. The molecule has 0 spiro atoms. The second-order valence-electron chi connectivity index (χ2n) is 11.0. The van der Waals surface area contributed by atoms with Gasteiger partial charge in [0.1, 0.15) is 5.65 Å². The zero-order valence-electron chi connectivity index (χ0n) is 26.0. The van der Waals surface area contributed by atoms with Crippen LogP contribution in [0.5, 0.6) is 0 Å². The summed E-state index contributed by atoms with van der Waals surface area (Å²) in [6.45, 7) is 4.09. The second kappa shape index (κ2) is 19.3. The number of pyridine rings is 1. The molecule has 47 heavy (non-hydrogen) atoms. The number of benzene rings is 1. The SMILES string of the molecule is CN1CCN(Cc2ccc3c(c2)c(=O)n(C2CCC(O)CC2)c2nc(NCCCC(F)(F)F)ncc32)CC1.O=CO.O=CO.O=CO. The molecule has 2 aliphatic rings.